The summed E-state index contributed by atoms with van der Waals surface area (Å²) in [5, 5.41) is 65.9. The number of aliphatic hydroxyl groups excluding tert-OH is 5. The minimum atomic E-state index is -1.49. The maximum absolute atomic E-state index is 13.7. The first-order valence-electron chi connectivity index (χ1n) is 22.8. The monoisotopic (exact) mass is 821 g/mol. The Labute approximate surface area is 351 Å². The quantitative estimate of drug-likeness (QED) is 0.0763. The Morgan fingerprint density at radius 3 is 2.34 bits per heavy atom. The number of hydrogen-bond donors (Lipinski definition) is 6. The highest BCUT2D eigenvalue weighted by Crippen LogP contribution is 2.80. The van der Waals surface area contributed by atoms with Crippen molar-refractivity contribution in [1.82, 2.24) is 0 Å². The average molecular weight is 821 g/mol. The summed E-state index contributed by atoms with van der Waals surface area (Å²) >= 11 is 0. The van der Waals surface area contributed by atoms with Gasteiger partial charge in [0, 0.05) is 17.9 Å². The number of ether oxygens (including phenoxy) is 3. The van der Waals surface area contributed by atoms with E-state index in [1.807, 2.05) is 30.3 Å². The molecule has 0 radical (unpaired) electrons. The first-order valence-corrected chi connectivity index (χ1v) is 22.8. The number of hydrogen-bond acceptors (Lipinski definition) is 9. The number of carboxylic acids is 1. The van der Waals surface area contributed by atoms with E-state index in [1.165, 1.54) is 5.57 Å². The van der Waals surface area contributed by atoms with Gasteiger partial charge in [-0.1, -0.05) is 115 Å². The molecular formula is C49H72O10. The van der Waals surface area contributed by atoms with Gasteiger partial charge in [0.05, 0.1) is 37.4 Å². The first-order chi connectivity index (χ1) is 28.0. The molecule has 0 aromatic heterocycles. The lowest BCUT2D eigenvalue weighted by Crippen LogP contribution is -2.75. The van der Waals surface area contributed by atoms with Crippen LogP contribution in [0.5, 0.6) is 0 Å². The van der Waals surface area contributed by atoms with Crippen LogP contribution in [-0.4, -0.2) is 93.2 Å². The standard InChI is InChI=1S/C49H72O10/c1-7-8-10-15-31-23-49(43(55)56)21-20-44(2,27-50)24-34(49)32-18-19-36-46(4,48(31,32)6)22-30-16-17-33-39(57-25-29-13-11-9-12-14-29)41(45(3,28-51)40(30)47(33,36)5)59-42-38(54)37(53)35(52)26-58-42/h9,11-14,16-18,30-31,33-42,50-54H,7-8,10,15,19-28H2,1-6H3,(H,55,56). The van der Waals surface area contributed by atoms with Crippen molar-refractivity contribution in [2.24, 2.45) is 68.0 Å². The molecule has 4 bridgehead atoms. The van der Waals surface area contributed by atoms with Crippen molar-refractivity contribution in [3.8, 4) is 0 Å². The second-order valence-corrected chi connectivity index (χ2v) is 21.5. The molecule has 7 aliphatic rings. The second-order valence-electron chi connectivity index (χ2n) is 21.5. The number of carbonyl (C=O) groups is 1. The van der Waals surface area contributed by atoms with E-state index >= 15 is 0 Å². The molecule has 1 saturated heterocycles. The summed E-state index contributed by atoms with van der Waals surface area (Å²) < 4.78 is 19.8. The van der Waals surface area contributed by atoms with Crippen LogP contribution in [0.1, 0.15) is 111 Å². The maximum Gasteiger partial charge on any atom is 0.310 e. The number of benzene rings is 1. The van der Waals surface area contributed by atoms with Gasteiger partial charge in [0.15, 0.2) is 6.29 Å². The highest BCUT2D eigenvalue weighted by Gasteiger charge is 2.77. The summed E-state index contributed by atoms with van der Waals surface area (Å²) in [7, 11) is 0. The molecule has 1 aromatic carbocycles. The van der Waals surface area contributed by atoms with Crippen molar-refractivity contribution < 1.29 is 49.6 Å². The topological polar surface area (TPSA) is 166 Å². The molecule has 0 spiro atoms. The summed E-state index contributed by atoms with van der Waals surface area (Å²) in [5.74, 6) is -0.641. The van der Waals surface area contributed by atoms with Crippen molar-refractivity contribution in [2.45, 2.75) is 149 Å². The van der Waals surface area contributed by atoms with Gasteiger partial charge < -0.3 is 44.8 Å². The van der Waals surface area contributed by atoms with Crippen molar-refractivity contribution >= 4 is 5.97 Å². The van der Waals surface area contributed by atoms with Gasteiger partial charge in [-0.05, 0) is 102 Å². The fraction of sp³-hybridized carbons (Fsp3) is 0.776. The van der Waals surface area contributed by atoms with Crippen LogP contribution in [0.3, 0.4) is 0 Å². The molecule has 6 aliphatic carbocycles. The number of carboxylic acid groups (broad SMARTS) is 1. The van der Waals surface area contributed by atoms with Gasteiger partial charge in [-0.15, -0.1) is 0 Å². The third kappa shape index (κ3) is 6.34. The molecule has 10 heteroatoms. The van der Waals surface area contributed by atoms with Crippen LogP contribution in [0, 0.1) is 68.0 Å². The molecule has 1 heterocycles. The van der Waals surface area contributed by atoms with Crippen molar-refractivity contribution in [1.29, 1.82) is 0 Å². The lowest BCUT2D eigenvalue weighted by Gasteiger charge is -2.76. The average Bonchev–Trinajstić information content (AvgIpc) is 3.21. The van der Waals surface area contributed by atoms with E-state index in [-0.39, 0.29) is 77.0 Å². The van der Waals surface area contributed by atoms with Gasteiger partial charge in [0.1, 0.15) is 18.3 Å². The molecule has 10 nitrogen and oxygen atoms in total. The molecule has 0 amide bonds. The minimum Gasteiger partial charge on any atom is -0.481 e. The van der Waals surface area contributed by atoms with Gasteiger partial charge in [0.2, 0.25) is 0 Å². The Bertz CT molecular complexity index is 1770. The van der Waals surface area contributed by atoms with Gasteiger partial charge in [0.25, 0.3) is 0 Å². The summed E-state index contributed by atoms with van der Waals surface area (Å²) in [6.45, 7) is 13.9. The number of aliphatic hydroxyl groups is 5. The number of fused-ring (bicyclic) bond motifs is 5. The molecule has 18 atom stereocenters. The Balaban J connectivity index is 1.26. The summed E-state index contributed by atoms with van der Waals surface area (Å²) in [6, 6.07) is 10.0. The van der Waals surface area contributed by atoms with E-state index in [2.05, 4.69) is 59.8 Å². The van der Waals surface area contributed by atoms with E-state index in [4.69, 9.17) is 14.2 Å². The molecule has 8 rings (SSSR count). The lowest BCUT2D eigenvalue weighted by molar-refractivity contribution is -0.347. The van der Waals surface area contributed by atoms with Crippen LogP contribution >= 0.6 is 0 Å². The van der Waals surface area contributed by atoms with Gasteiger partial charge in [-0.2, -0.15) is 0 Å². The summed E-state index contributed by atoms with van der Waals surface area (Å²) in [6.07, 6.45) is 8.99. The van der Waals surface area contributed by atoms with Crippen molar-refractivity contribution in [3.05, 3.63) is 59.7 Å². The Morgan fingerprint density at radius 1 is 0.915 bits per heavy atom. The second kappa shape index (κ2) is 15.6. The summed E-state index contributed by atoms with van der Waals surface area (Å²) in [4.78, 5) is 13.7. The number of unbranched alkanes of at least 4 members (excludes halogenated alkanes) is 2. The lowest BCUT2D eigenvalue weighted by atomic mass is 9.28. The van der Waals surface area contributed by atoms with Gasteiger partial charge >= 0.3 is 5.97 Å². The Kier molecular flexibility index (Phi) is 11.5. The highest BCUT2D eigenvalue weighted by atomic mass is 16.7. The number of rotatable bonds is 12. The van der Waals surface area contributed by atoms with Gasteiger partial charge in [-0.25, -0.2) is 0 Å². The maximum atomic E-state index is 13.7. The number of aliphatic carboxylic acids is 1. The summed E-state index contributed by atoms with van der Waals surface area (Å²) in [5.41, 5.74) is -0.660. The zero-order valence-corrected chi connectivity index (χ0v) is 36.3. The fourth-order valence-electron chi connectivity index (χ4n) is 15.4. The van der Waals surface area contributed by atoms with E-state index in [1.54, 1.807) is 0 Å². The normalized spacial score (nSPS) is 49.9. The van der Waals surface area contributed by atoms with E-state index in [0.29, 0.717) is 32.3 Å². The van der Waals surface area contributed by atoms with E-state index in [0.717, 1.165) is 44.1 Å². The van der Waals surface area contributed by atoms with Crippen molar-refractivity contribution in [3.63, 3.8) is 0 Å². The molecule has 18 unspecified atom stereocenters. The molecule has 1 aromatic rings. The molecule has 59 heavy (non-hydrogen) atoms. The van der Waals surface area contributed by atoms with Crippen LogP contribution < -0.4 is 0 Å². The van der Waals surface area contributed by atoms with Crippen LogP contribution in [0.25, 0.3) is 0 Å². The first kappa shape index (κ1) is 43.5. The van der Waals surface area contributed by atoms with E-state index in [9.17, 15) is 35.4 Å². The third-order valence-corrected chi connectivity index (χ3v) is 18.6. The van der Waals surface area contributed by atoms with Crippen LogP contribution in [-0.2, 0) is 25.6 Å². The van der Waals surface area contributed by atoms with Crippen LogP contribution in [0.4, 0.5) is 0 Å². The van der Waals surface area contributed by atoms with Crippen LogP contribution in [0.15, 0.2) is 54.1 Å². The minimum absolute atomic E-state index is 0.0444. The molecule has 5 fully saturated rings. The van der Waals surface area contributed by atoms with Gasteiger partial charge in [-0.3, -0.25) is 4.79 Å². The zero-order chi connectivity index (χ0) is 42.3. The SMILES string of the molecule is CCCCCC1CC2(C(=O)O)CCC(C)(CO)CC2C2=CCC3C4(C)C5C=CC(CC3(C)C21C)C4C(C)(CO)C(OC1OCC(O)C(O)C1O)C5OCc1ccccc1. The number of allylic oxidation sites excluding steroid dienone is 3. The molecule has 328 valence electrons. The smallest absolute Gasteiger partial charge is 0.310 e. The predicted octanol–water partition coefficient (Wildman–Crippen LogP) is 6.67. The predicted molar refractivity (Wildman–Crippen MR) is 222 cm³/mol. The molecule has 4 saturated carbocycles. The molecule has 1 aliphatic heterocycles. The molecule has 6 N–H and O–H groups in total. The fourth-order valence-corrected chi connectivity index (χ4v) is 15.4. The Morgan fingerprint density at radius 2 is 1.66 bits per heavy atom. The van der Waals surface area contributed by atoms with Crippen LogP contribution in [0.2, 0.25) is 0 Å². The van der Waals surface area contributed by atoms with Crippen molar-refractivity contribution in [2.75, 3.05) is 19.8 Å². The zero-order valence-electron chi connectivity index (χ0n) is 36.3. The van der Waals surface area contributed by atoms with E-state index < -0.39 is 53.6 Å². The highest BCUT2D eigenvalue weighted by molar-refractivity contribution is 5.77. The molecular weight excluding hydrogens is 749 g/mol. The largest absolute Gasteiger partial charge is 0.481 e. The third-order valence-electron chi connectivity index (χ3n) is 18.6. The Hall–Kier alpha value is -2.15.